The van der Waals surface area contributed by atoms with E-state index in [1.165, 1.54) is 17.8 Å². The van der Waals surface area contributed by atoms with Gasteiger partial charge in [-0.2, -0.15) is 0 Å². The molecule has 0 aliphatic heterocycles. The molecular formula is C29H32ClFN2O2S. The van der Waals surface area contributed by atoms with E-state index < -0.39 is 6.04 Å². The van der Waals surface area contributed by atoms with Crippen molar-refractivity contribution in [3.63, 3.8) is 0 Å². The molecule has 2 amide bonds. The van der Waals surface area contributed by atoms with Crippen LogP contribution < -0.4 is 5.32 Å². The Morgan fingerprint density at radius 2 is 1.75 bits per heavy atom. The molecule has 1 unspecified atom stereocenters. The molecule has 190 valence electrons. The van der Waals surface area contributed by atoms with Crippen molar-refractivity contribution in [1.29, 1.82) is 0 Å². The van der Waals surface area contributed by atoms with Crippen LogP contribution in [0.5, 0.6) is 0 Å². The molecule has 0 saturated carbocycles. The molecule has 0 radical (unpaired) electrons. The average Bonchev–Trinajstić information content (AvgIpc) is 2.87. The van der Waals surface area contributed by atoms with Gasteiger partial charge in [-0.25, -0.2) is 4.39 Å². The lowest BCUT2D eigenvalue weighted by Crippen LogP contribution is -2.51. The van der Waals surface area contributed by atoms with E-state index in [-0.39, 0.29) is 29.1 Å². The summed E-state index contributed by atoms with van der Waals surface area (Å²) in [4.78, 5) is 28.6. The lowest BCUT2D eigenvalue weighted by atomic mass is 10.0. The zero-order valence-electron chi connectivity index (χ0n) is 20.7. The fraction of sp³-hybridized carbons (Fsp3) is 0.310. The van der Waals surface area contributed by atoms with Crippen molar-refractivity contribution in [2.24, 2.45) is 0 Å². The Bertz CT molecular complexity index is 1140. The van der Waals surface area contributed by atoms with Gasteiger partial charge in [0.05, 0.1) is 5.75 Å². The van der Waals surface area contributed by atoms with E-state index in [0.717, 1.165) is 23.1 Å². The number of rotatable bonds is 12. The second-order valence-corrected chi connectivity index (χ2v) is 10.1. The summed E-state index contributed by atoms with van der Waals surface area (Å²) < 4.78 is 14.2. The molecule has 1 N–H and O–H groups in total. The Hall–Kier alpha value is -2.83. The van der Waals surface area contributed by atoms with Gasteiger partial charge >= 0.3 is 0 Å². The summed E-state index contributed by atoms with van der Waals surface area (Å²) in [6.07, 6.45) is 1.20. The predicted octanol–water partition coefficient (Wildman–Crippen LogP) is 6.19. The fourth-order valence-electron chi connectivity index (χ4n) is 3.92. The fourth-order valence-corrected chi connectivity index (χ4v) is 5.17. The number of halogens is 2. The summed E-state index contributed by atoms with van der Waals surface area (Å²) in [5.74, 6) is -0.380. The number of thioether (sulfide) groups is 1. The first-order valence-corrected chi connectivity index (χ1v) is 13.6. The lowest BCUT2D eigenvalue weighted by molar-refractivity contribution is -0.139. The van der Waals surface area contributed by atoms with Crippen molar-refractivity contribution < 1.29 is 14.0 Å². The molecule has 36 heavy (non-hydrogen) atoms. The number of carbonyl (C=O) groups excluding carboxylic acids is 2. The Morgan fingerprint density at radius 1 is 1.03 bits per heavy atom. The third kappa shape index (κ3) is 8.10. The quantitative estimate of drug-likeness (QED) is 0.306. The molecule has 1 atom stereocenters. The number of benzene rings is 3. The normalized spacial score (nSPS) is 11.7. The maximum atomic E-state index is 14.2. The van der Waals surface area contributed by atoms with Gasteiger partial charge < -0.3 is 10.2 Å². The van der Waals surface area contributed by atoms with Crippen molar-refractivity contribution in [3.8, 4) is 0 Å². The second kappa shape index (κ2) is 14.0. The highest BCUT2D eigenvalue weighted by Gasteiger charge is 2.30. The molecule has 7 heteroatoms. The third-order valence-electron chi connectivity index (χ3n) is 5.79. The highest BCUT2D eigenvalue weighted by molar-refractivity contribution is 7.99. The molecule has 0 aromatic heterocycles. The molecular weight excluding hydrogens is 495 g/mol. The minimum absolute atomic E-state index is 0.100. The number of carbonyl (C=O) groups is 2. The van der Waals surface area contributed by atoms with Gasteiger partial charge in [-0.1, -0.05) is 84.8 Å². The summed E-state index contributed by atoms with van der Waals surface area (Å²) in [5.41, 5.74) is 3.39. The smallest absolute Gasteiger partial charge is 0.243 e. The average molecular weight is 527 g/mol. The first kappa shape index (κ1) is 27.8. The van der Waals surface area contributed by atoms with Gasteiger partial charge in [-0.3, -0.25) is 9.59 Å². The van der Waals surface area contributed by atoms with Gasteiger partial charge in [-0.05, 0) is 36.6 Å². The number of hydrogen-bond donors (Lipinski definition) is 1. The van der Waals surface area contributed by atoms with Crippen LogP contribution in [0.1, 0.15) is 35.6 Å². The van der Waals surface area contributed by atoms with Crippen LogP contribution in [-0.2, 0) is 28.3 Å². The number of hydrogen-bond acceptors (Lipinski definition) is 3. The summed E-state index contributed by atoms with van der Waals surface area (Å²) in [7, 11) is 0. The van der Waals surface area contributed by atoms with E-state index in [4.69, 9.17) is 11.6 Å². The maximum Gasteiger partial charge on any atom is 0.243 e. The van der Waals surface area contributed by atoms with Crippen LogP contribution in [0.2, 0.25) is 5.02 Å². The number of nitrogens with zero attached hydrogens (tertiary/aromatic N) is 1. The Labute approximate surface area is 222 Å². The zero-order valence-corrected chi connectivity index (χ0v) is 22.2. The van der Waals surface area contributed by atoms with E-state index in [1.54, 1.807) is 17.0 Å². The van der Waals surface area contributed by atoms with Crippen LogP contribution in [0.15, 0.2) is 72.8 Å². The number of nitrogens with one attached hydrogen (secondary N) is 1. The number of amides is 2. The van der Waals surface area contributed by atoms with Crippen molar-refractivity contribution in [2.45, 2.75) is 45.0 Å². The van der Waals surface area contributed by atoms with E-state index in [1.807, 2.05) is 68.4 Å². The Balaban J connectivity index is 1.85. The van der Waals surface area contributed by atoms with Gasteiger partial charge in [0.15, 0.2) is 0 Å². The van der Waals surface area contributed by atoms with Gasteiger partial charge in [0.25, 0.3) is 0 Å². The van der Waals surface area contributed by atoms with Crippen LogP contribution in [0.4, 0.5) is 4.39 Å². The van der Waals surface area contributed by atoms with E-state index >= 15 is 0 Å². The van der Waals surface area contributed by atoms with Crippen molar-refractivity contribution in [3.05, 3.63) is 106 Å². The van der Waals surface area contributed by atoms with E-state index in [2.05, 4.69) is 5.32 Å². The van der Waals surface area contributed by atoms with Crippen molar-refractivity contribution >= 4 is 35.2 Å². The monoisotopic (exact) mass is 526 g/mol. The van der Waals surface area contributed by atoms with Gasteiger partial charge in [-0.15, -0.1) is 11.8 Å². The van der Waals surface area contributed by atoms with Crippen LogP contribution in [-0.4, -0.2) is 35.1 Å². The van der Waals surface area contributed by atoms with Crippen molar-refractivity contribution in [2.75, 3.05) is 12.3 Å². The maximum absolute atomic E-state index is 14.2. The first-order chi connectivity index (χ1) is 17.4. The molecule has 4 nitrogen and oxygen atoms in total. The minimum atomic E-state index is -0.676. The highest BCUT2D eigenvalue weighted by Crippen LogP contribution is 2.25. The molecule has 3 rings (SSSR count). The van der Waals surface area contributed by atoms with Crippen LogP contribution in [0.25, 0.3) is 0 Å². The molecule has 0 aliphatic carbocycles. The summed E-state index contributed by atoms with van der Waals surface area (Å²) in [6, 6.07) is 21.5. The second-order valence-electron chi connectivity index (χ2n) is 8.70. The molecule has 0 aliphatic rings. The molecule has 0 bridgehead atoms. The lowest BCUT2D eigenvalue weighted by Gasteiger charge is -2.31. The molecule has 0 heterocycles. The Morgan fingerprint density at radius 3 is 2.44 bits per heavy atom. The topological polar surface area (TPSA) is 49.4 Å². The SMILES string of the molecule is CCCNC(=O)C(Cc1ccccc1)N(Cc1cccc(C)c1)C(=O)CSCc1c(F)cccc1Cl. The van der Waals surface area contributed by atoms with Crippen LogP contribution >= 0.6 is 23.4 Å². The standard InChI is InChI=1S/C29H32ClFN2O2S/c1-3-15-32-29(35)27(17-22-10-5-4-6-11-22)33(18-23-12-7-9-21(2)16-23)28(34)20-36-19-24-25(30)13-8-14-26(24)31/h4-14,16,27H,3,15,17-20H2,1-2H3,(H,32,35). The Kier molecular flexibility index (Phi) is 10.8. The minimum Gasteiger partial charge on any atom is -0.354 e. The largest absolute Gasteiger partial charge is 0.354 e. The van der Waals surface area contributed by atoms with Gasteiger partial charge in [0.2, 0.25) is 11.8 Å². The van der Waals surface area contributed by atoms with Crippen LogP contribution in [0, 0.1) is 12.7 Å². The number of aryl methyl sites for hydroxylation is 1. The van der Waals surface area contributed by atoms with Crippen molar-refractivity contribution in [1.82, 2.24) is 10.2 Å². The van der Waals surface area contributed by atoms with Crippen LogP contribution in [0.3, 0.4) is 0 Å². The molecule has 3 aromatic rings. The third-order valence-corrected chi connectivity index (χ3v) is 7.09. The van der Waals surface area contributed by atoms with E-state index in [9.17, 15) is 14.0 Å². The molecule has 0 spiro atoms. The molecule has 0 fully saturated rings. The zero-order chi connectivity index (χ0) is 25.9. The highest BCUT2D eigenvalue weighted by atomic mass is 35.5. The molecule has 3 aromatic carbocycles. The summed E-state index contributed by atoms with van der Waals surface area (Å²) >= 11 is 7.45. The van der Waals surface area contributed by atoms with Gasteiger partial charge in [0, 0.05) is 35.8 Å². The van der Waals surface area contributed by atoms with E-state index in [0.29, 0.717) is 30.1 Å². The summed E-state index contributed by atoms with van der Waals surface area (Å²) in [6.45, 7) is 4.83. The summed E-state index contributed by atoms with van der Waals surface area (Å²) in [5, 5.41) is 3.32. The molecule has 0 saturated heterocycles. The van der Waals surface area contributed by atoms with Gasteiger partial charge in [0.1, 0.15) is 11.9 Å². The predicted molar refractivity (Wildman–Crippen MR) is 147 cm³/mol. The first-order valence-electron chi connectivity index (χ1n) is 12.1.